The number of urea groups is 2. The molecule has 0 unspecified atom stereocenters. The van der Waals surface area contributed by atoms with Crippen LogP contribution in [0.4, 0.5) is 54.3 Å². The quantitative estimate of drug-likeness (QED) is 0.0573. The van der Waals surface area contributed by atoms with Crippen molar-refractivity contribution in [3.05, 3.63) is 157 Å². The standard InChI is InChI=1S/C41H35F5N8O8S2/c1-61-37-18-9-29(41(44,45)46)21-36(37)52-64(59,60)35-16-12-31(13-17-35)50-40(56)54(26-28-6-4-20-48-24-28)53(25-27-5-3-19-47-23-27)39(55)49-30-10-14-34(15-11-30)63(57,58)51-32-7-2-8-33(22-32)62-38(42)43/h2-24,38,51-52H,25-26H2,1H3,(H,49,55)(H,50,56). The molecule has 0 aliphatic rings. The molecule has 16 nitrogen and oxygen atoms in total. The predicted octanol–water partition coefficient (Wildman–Crippen LogP) is 8.39. The van der Waals surface area contributed by atoms with Gasteiger partial charge in [-0.15, -0.1) is 0 Å². The summed E-state index contributed by atoms with van der Waals surface area (Å²) in [5.74, 6) is -0.439. The molecule has 0 aliphatic carbocycles. The molecule has 0 saturated heterocycles. The van der Waals surface area contributed by atoms with Gasteiger partial charge in [-0.05, 0) is 102 Å². The van der Waals surface area contributed by atoms with E-state index >= 15 is 0 Å². The summed E-state index contributed by atoms with van der Waals surface area (Å²) in [4.78, 5) is 35.9. The molecular weight excluding hydrogens is 892 g/mol. The number of pyridine rings is 2. The van der Waals surface area contributed by atoms with Crippen LogP contribution in [0.15, 0.2) is 150 Å². The summed E-state index contributed by atoms with van der Waals surface area (Å²) >= 11 is 0. The van der Waals surface area contributed by atoms with E-state index in [2.05, 4.69) is 34.8 Å². The molecule has 2 heterocycles. The molecule has 2 aromatic heterocycles. The second-order valence-corrected chi connectivity index (χ2v) is 16.6. The van der Waals surface area contributed by atoms with Crippen molar-refractivity contribution in [2.75, 3.05) is 27.2 Å². The van der Waals surface area contributed by atoms with Crippen molar-refractivity contribution in [3.8, 4) is 11.5 Å². The fourth-order valence-electron chi connectivity index (χ4n) is 5.79. The number of carbonyl (C=O) groups is 2. The van der Waals surface area contributed by atoms with Crippen molar-refractivity contribution < 1.29 is 57.9 Å². The Labute approximate surface area is 362 Å². The highest BCUT2D eigenvalue weighted by Crippen LogP contribution is 2.36. The Kier molecular flexibility index (Phi) is 14.1. The van der Waals surface area contributed by atoms with Gasteiger partial charge >= 0.3 is 24.9 Å². The van der Waals surface area contributed by atoms with Crippen LogP contribution in [0.3, 0.4) is 0 Å². The number of rotatable bonds is 15. The Bertz CT molecular complexity index is 2790. The second kappa shape index (κ2) is 19.7. The number of aromatic nitrogens is 2. The van der Waals surface area contributed by atoms with Crippen molar-refractivity contribution in [2.24, 2.45) is 0 Å². The van der Waals surface area contributed by atoms with E-state index in [1.807, 2.05) is 0 Å². The number of ether oxygens (including phenoxy) is 2. The number of nitrogens with one attached hydrogen (secondary N) is 4. The molecule has 64 heavy (non-hydrogen) atoms. The number of amides is 4. The lowest BCUT2D eigenvalue weighted by atomic mass is 10.2. The number of benzene rings is 4. The van der Waals surface area contributed by atoms with Gasteiger partial charge in [0.15, 0.2) is 0 Å². The summed E-state index contributed by atoms with van der Waals surface area (Å²) in [6, 6.07) is 21.6. The van der Waals surface area contributed by atoms with E-state index in [4.69, 9.17) is 4.74 Å². The molecule has 0 saturated carbocycles. The van der Waals surface area contributed by atoms with Crippen LogP contribution in [-0.2, 0) is 39.3 Å². The van der Waals surface area contributed by atoms with Crippen LogP contribution in [0.1, 0.15) is 16.7 Å². The van der Waals surface area contributed by atoms with E-state index in [1.165, 1.54) is 79.4 Å². The molecule has 0 atom stereocenters. The number of alkyl halides is 5. The average Bonchev–Trinajstić information content (AvgIpc) is 3.25. The first-order valence-corrected chi connectivity index (χ1v) is 21.4. The van der Waals surface area contributed by atoms with Crippen LogP contribution >= 0.6 is 0 Å². The molecule has 334 valence electrons. The minimum absolute atomic E-state index is 0.0530. The third kappa shape index (κ3) is 12.1. The van der Waals surface area contributed by atoms with Gasteiger partial charge in [-0.25, -0.2) is 36.4 Å². The Morgan fingerprint density at radius 2 is 1.17 bits per heavy atom. The third-order valence-electron chi connectivity index (χ3n) is 8.78. The lowest BCUT2D eigenvalue weighted by molar-refractivity contribution is -0.137. The number of hydrogen-bond donors (Lipinski definition) is 4. The van der Waals surface area contributed by atoms with Crippen LogP contribution in [-0.4, -0.2) is 62.6 Å². The third-order valence-corrected chi connectivity index (χ3v) is 11.6. The Balaban J connectivity index is 1.23. The average molecular weight is 927 g/mol. The van der Waals surface area contributed by atoms with Crippen LogP contribution in [0, 0.1) is 0 Å². The summed E-state index contributed by atoms with van der Waals surface area (Å²) in [6.07, 6.45) is 1.16. The molecule has 0 radical (unpaired) electrons. The molecule has 6 aromatic rings. The van der Waals surface area contributed by atoms with Gasteiger partial charge in [-0.1, -0.05) is 18.2 Å². The molecule has 0 fully saturated rings. The number of hydrogen-bond acceptors (Lipinski definition) is 10. The number of anilines is 4. The topological polar surface area (TPSA) is 201 Å². The molecule has 0 spiro atoms. The molecule has 4 amide bonds. The lowest BCUT2D eigenvalue weighted by Crippen LogP contribution is -2.52. The summed E-state index contributed by atoms with van der Waals surface area (Å²) < 4.78 is 132. The Hall–Kier alpha value is -7.53. The molecular formula is C41H35F5N8O8S2. The maximum atomic E-state index is 14.2. The largest absolute Gasteiger partial charge is 0.495 e. The minimum atomic E-state index is -4.77. The van der Waals surface area contributed by atoms with Crippen LogP contribution in [0.5, 0.6) is 11.5 Å². The van der Waals surface area contributed by atoms with Crippen LogP contribution in [0.25, 0.3) is 0 Å². The Morgan fingerprint density at radius 1 is 0.656 bits per heavy atom. The monoisotopic (exact) mass is 926 g/mol. The van der Waals surface area contributed by atoms with Gasteiger partial charge in [0.05, 0.1) is 46.9 Å². The Morgan fingerprint density at radius 3 is 1.62 bits per heavy atom. The number of halogens is 5. The lowest BCUT2D eigenvalue weighted by Gasteiger charge is -2.35. The summed E-state index contributed by atoms with van der Waals surface area (Å²) in [7, 11) is -7.58. The fourth-order valence-corrected chi connectivity index (χ4v) is 7.90. The van der Waals surface area contributed by atoms with Crippen LogP contribution in [0.2, 0.25) is 0 Å². The molecule has 0 bridgehead atoms. The number of methoxy groups -OCH3 is 1. The highest BCUT2D eigenvalue weighted by molar-refractivity contribution is 7.93. The maximum Gasteiger partial charge on any atom is 0.416 e. The summed E-state index contributed by atoms with van der Waals surface area (Å²) in [5, 5.41) is 7.36. The van der Waals surface area contributed by atoms with Gasteiger partial charge in [-0.2, -0.15) is 22.0 Å². The molecule has 4 aromatic carbocycles. The maximum absolute atomic E-state index is 14.2. The van der Waals surface area contributed by atoms with E-state index in [0.29, 0.717) is 17.2 Å². The van der Waals surface area contributed by atoms with E-state index in [9.17, 15) is 48.4 Å². The van der Waals surface area contributed by atoms with Gasteiger partial charge in [0.1, 0.15) is 11.5 Å². The van der Waals surface area contributed by atoms with E-state index in [-0.39, 0.29) is 51.4 Å². The zero-order valence-electron chi connectivity index (χ0n) is 33.0. The smallest absolute Gasteiger partial charge is 0.416 e. The highest BCUT2D eigenvalue weighted by atomic mass is 32.2. The first-order valence-electron chi connectivity index (χ1n) is 18.4. The van der Waals surface area contributed by atoms with Gasteiger partial charge in [0.2, 0.25) is 0 Å². The number of sulfonamides is 2. The van der Waals surface area contributed by atoms with E-state index < -0.39 is 56.1 Å². The zero-order chi connectivity index (χ0) is 46.1. The van der Waals surface area contributed by atoms with Crippen molar-refractivity contribution in [1.82, 2.24) is 20.0 Å². The van der Waals surface area contributed by atoms with Crippen molar-refractivity contribution in [3.63, 3.8) is 0 Å². The van der Waals surface area contributed by atoms with E-state index in [1.54, 1.807) is 24.3 Å². The molecule has 4 N–H and O–H groups in total. The van der Waals surface area contributed by atoms with E-state index in [0.717, 1.165) is 47.5 Å². The first kappa shape index (κ1) is 46.0. The van der Waals surface area contributed by atoms with Gasteiger partial charge in [0.25, 0.3) is 20.0 Å². The normalized spacial score (nSPS) is 11.6. The fraction of sp³-hybridized carbons (Fsp3) is 0.122. The summed E-state index contributed by atoms with van der Waals surface area (Å²) in [5.41, 5.74) is -0.518. The van der Waals surface area contributed by atoms with Gasteiger partial charge < -0.3 is 20.1 Å². The highest BCUT2D eigenvalue weighted by Gasteiger charge is 2.32. The molecule has 23 heteroatoms. The SMILES string of the molecule is COc1ccc(C(F)(F)F)cc1NS(=O)(=O)c1ccc(NC(=O)N(Cc2cccnc2)N(Cc2cccnc2)C(=O)Nc2ccc(S(=O)(=O)Nc3cccc(OC(F)F)c3)cc2)cc1. The van der Waals surface area contributed by atoms with Gasteiger partial charge in [-0.3, -0.25) is 19.4 Å². The molecule has 6 rings (SSSR count). The zero-order valence-corrected chi connectivity index (χ0v) is 34.7. The molecule has 0 aliphatic heterocycles. The van der Waals surface area contributed by atoms with Gasteiger partial charge in [0, 0.05) is 42.2 Å². The van der Waals surface area contributed by atoms with Crippen molar-refractivity contribution in [2.45, 2.75) is 35.7 Å². The summed E-state index contributed by atoms with van der Waals surface area (Å²) in [6.45, 7) is -3.60. The number of hydrazine groups is 1. The van der Waals surface area contributed by atoms with Crippen molar-refractivity contribution in [1.29, 1.82) is 0 Å². The predicted molar refractivity (Wildman–Crippen MR) is 223 cm³/mol. The number of nitrogens with zero attached hydrogens (tertiary/aromatic N) is 4. The first-order chi connectivity index (χ1) is 30.4. The van der Waals surface area contributed by atoms with Crippen molar-refractivity contribution >= 4 is 54.9 Å². The minimum Gasteiger partial charge on any atom is -0.495 e. The number of carbonyl (C=O) groups excluding carboxylic acids is 2. The van der Waals surface area contributed by atoms with Crippen LogP contribution < -0.4 is 29.6 Å². The second-order valence-electron chi connectivity index (χ2n) is 13.3.